The van der Waals surface area contributed by atoms with Crippen LogP contribution in [-0.4, -0.2) is 17.2 Å². The smallest absolute Gasteiger partial charge is 0.0950 e. The molecule has 1 heterocycles. The van der Waals surface area contributed by atoms with E-state index in [1.807, 2.05) is 31.3 Å². The van der Waals surface area contributed by atoms with Gasteiger partial charge in [0.25, 0.3) is 0 Å². The van der Waals surface area contributed by atoms with Gasteiger partial charge >= 0.3 is 0 Å². The maximum Gasteiger partial charge on any atom is 0.0950 e. The van der Waals surface area contributed by atoms with Gasteiger partial charge < -0.3 is 5.32 Å². The van der Waals surface area contributed by atoms with Crippen LogP contribution in [0, 0.1) is 0 Å². The minimum Gasteiger partial charge on any atom is -0.388 e. The van der Waals surface area contributed by atoms with Crippen LogP contribution in [0.5, 0.6) is 0 Å². The van der Waals surface area contributed by atoms with Crippen LogP contribution in [0.3, 0.4) is 0 Å². The Morgan fingerprint density at radius 3 is 3.00 bits per heavy atom. The third-order valence-electron chi connectivity index (χ3n) is 1.83. The molecule has 0 bridgehead atoms. The summed E-state index contributed by atoms with van der Waals surface area (Å²) in [5.74, 6) is 0. The average molecular weight is 159 g/mol. The van der Waals surface area contributed by atoms with E-state index in [9.17, 15) is 0 Å². The molecule has 0 aliphatic carbocycles. The van der Waals surface area contributed by atoms with E-state index in [0.29, 0.717) is 0 Å². The summed E-state index contributed by atoms with van der Waals surface area (Å²) in [5.41, 5.74) is 2.01. The number of rotatable bonds is 1. The number of benzene rings is 1. The predicted molar refractivity (Wildman–Crippen MR) is 49.1 cm³/mol. The molecule has 12 heavy (non-hydrogen) atoms. The highest BCUT2D eigenvalue weighted by Crippen LogP contribution is 2.19. The van der Waals surface area contributed by atoms with Crippen molar-refractivity contribution < 1.29 is 0 Å². The van der Waals surface area contributed by atoms with Gasteiger partial charge in [-0.05, 0) is 18.2 Å². The van der Waals surface area contributed by atoms with Crippen molar-refractivity contribution in [3.63, 3.8) is 0 Å². The van der Waals surface area contributed by atoms with Crippen molar-refractivity contribution in [3.8, 4) is 0 Å². The predicted octanol–water partition coefficient (Wildman–Crippen LogP) is 1.67. The summed E-state index contributed by atoms with van der Waals surface area (Å²) in [4.78, 5) is 0. The van der Waals surface area contributed by atoms with Crippen LogP contribution in [0.25, 0.3) is 10.9 Å². The Hall–Kier alpha value is -1.64. The second-order valence-electron chi connectivity index (χ2n) is 2.52. The van der Waals surface area contributed by atoms with Gasteiger partial charge in [-0.2, -0.15) is 10.2 Å². The molecule has 0 atom stereocenters. The van der Waals surface area contributed by atoms with Gasteiger partial charge in [-0.15, -0.1) is 0 Å². The lowest BCUT2D eigenvalue weighted by molar-refractivity contribution is 1.08. The molecule has 0 saturated heterocycles. The molecule has 0 radical (unpaired) electrons. The molecule has 0 spiro atoms. The summed E-state index contributed by atoms with van der Waals surface area (Å²) >= 11 is 0. The van der Waals surface area contributed by atoms with Gasteiger partial charge in [-0.25, -0.2) is 0 Å². The van der Waals surface area contributed by atoms with Gasteiger partial charge in [0.1, 0.15) is 0 Å². The Balaban J connectivity index is 2.79. The molecule has 3 heteroatoms. The summed E-state index contributed by atoms with van der Waals surface area (Å²) in [6.45, 7) is 0. The Kier molecular flexibility index (Phi) is 1.63. The third-order valence-corrected chi connectivity index (χ3v) is 1.83. The van der Waals surface area contributed by atoms with E-state index < -0.39 is 0 Å². The Morgan fingerprint density at radius 1 is 1.25 bits per heavy atom. The van der Waals surface area contributed by atoms with Crippen LogP contribution in [-0.2, 0) is 0 Å². The lowest BCUT2D eigenvalue weighted by Crippen LogP contribution is -1.90. The van der Waals surface area contributed by atoms with E-state index in [2.05, 4.69) is 15.5 Å². The normalized spacial score (nSPS) is 10.1. The molecule has 1 aromatic heterocycles. The molecule has 60 valence electrons. The highest BCUT2D eigenvalue weighted by Gasteiger charge is 1.97. The fourth-order valence-corrected chi connectivity index (χ4v) is 1.24. The number of aromatic nitrogens is 2. The SMILES string of the molecule is CNc1cccc2nnccc12. The topological polar surface area (TPSA) is 37.8 Å². The minimum atomic E-state index is 0.921. The second kappa shape index (κ2) is 2.77. The van der Waals surface area contributed by atoms with Crippen molar-refractivity contribution in [2.75, 3.05) is 12.4 Å². The maximum atomic E-state index is 4.00. The first-order valence-electron chi connectivity index (χ1n) is 3.80. The van der Waals surface area contributed by atoms with Crippen molar-refractivity contribution in [3.05, 3.63) is 30.5 Å². The molecule has 1 N–H and O–H groups in total. The molecule has 1 aromatic carbocycles. The Morgan fingerprint density at radius 2 is 2.17 bits per heavy atom. The monoisotopic (exact) mass is 159 g/mol. The van der Waals surface area contributed by atoms with E-state index in [1.54, 1.807) is 6.20 Å². The summed E-state index contributed by atoms with van der Waals surface area (Å²) in [7, 11) is 1.90. The van der Waals surface area contributed by atoms with Crippen molar-refractivity contribution >= 4 is 16.6 Å². The summed E-state index contributed by atoms with van der Waals surface area (Å²) in [5, 5.41) is 12.0. The van der Waals surface area contributed by atoms with E-state index in [0.717, 1.165) is 16.6 Å². The molecule has 0 saturated carbocycles. The Bertz CT molecular complexity index is 392. The number of anilines is 1. The van der Waals surface area contributed by atoms with Crippen LogP contribution in [0.1, 0.15) is 0 Å². The zero-order valence-corrected chi connectivity index (χ0v) is 6.78. The van der Waals surface area contributed by atoms with Gasteiger partial charge in [0.15, 0.2) is 0 Å². The number of fused-ring (bicyclic) bond motifs is 1. The average Bonchev–Trinajstić information content (AvgIpc) is 2.17. The van der Waals surface area contributed by atoms with Gasteiger partial charge in [0, 0.05) is 18.1 Å². The first-order valence-corrected chi connectivity index (χ1v) is 3.80. The highest BCUT2D eigenvalue weighted by atomic mass is 15.1. The second-order valence-corrected chi connectivity index (χ2v) is 2.52. The van der Waals surface area contributed by atoms with Gasteiger partial charge in [-0.3, -0.25) is 0 Å². The van der Waals surface area contributed by atoms with Crippen molar-refractivity contribution in [2.45, 2.75) is 0 Å². The zero-order valence-electron chi connectivity index (χ0n) is 6.78. The number of nitrogens with zero attached hydrogens (tertiary/aromatic N) is 2. The minimum absolute atomic E-state index is 0.921. The molecule has 0 fully saturated rings. The lowest BCUT2D eigenvalue weighted by atomic mass is 10.2. The van der Waals surface area contributed by atoms with E-state index in [1.165, 1.54) is 0 Å². The lowest BCUT2D eigenvalue weighted by Gasteiger charge is -2.02. The number of nitrogens with one attached hydrogen (secondary N) is 1. The molecular formula is C9H9N3. The molecule has 0 aliphatic heterocycles. The molecule has 0 aliphatic rings. The molecule has 0 unspecified atom stereocenters. The molecule has 0 amide bonds. The molecular weight excluding hydrogens is 150 g/mol. The van der Waals surface area contributed by atoms with Crippen LogP contribution in [0.15, 0.2) is 30.5 Å². The Labute approximate surface area is 70.4 Å². The zero-order chi connectivity index (χ0) is 8.39. The first kappa shape index (κ1) is 7.03. The van der Waals surface area contributed by atoms with Crippen LogP contribution < -0.4 is 5.32 Å². The van der Waals surface area contributed by atoms with E-state index >= 15 is 0 Å². The van der Waals surface area contributed by atoms with Crippen LogP contribution in [0.2, 0.25) is 0 Å². The van der Waals surface area contributed by atoms with Gasteiger partial charge in [-0.1, -0.05) is 6.07 Å². The molecule has 3 nitrogen and oxygen atoms in total. The van der Waals surface area contributed by atoms with E-state index in [-0.39, 0.29) is 0 Å². The van der Waals surface area contributed by atoms with Crippen molar-refractivity contribution in [1.29, 1.82) is 0 Å². The van der Waals surface area contributed by atoms with Crippen LogP contribution in [0.4, 0.5) is 5.69 Å². The first-order chi connectivity index (χ1) is 5.92. The summed E-state index contributed by atoms with van der Waals surface area (Å²) < 4.78 is 0. The van der Waals surface area contributed by atoms with Crippen molar-refractivity contribution in [2.24, 2.45) is 0 Å². The fraction of sp³-hybridized carbons (Fsp3) is 0.111. The fourth-order valence-electron chi connectivity index (χ4n) is 1.24. The molecule has 2 aromatic rings. The summed E-state index contributed by atoms with van der Waals surface area (Å²) in [6.07, 6.45) is 1.70. The van der Waals surface area contributed by atoms with Gasteiger partial charge in [0.2, 0.25) is 0 Å². The largest absolute Gasteiger partial charge is 0.388 e. The molecule has 2 rings (SSSR count). The maximum absolute atomic E-state index is 4.00. The highest BCUT2D eigenvalue weighted by molar-refractivity contribution is 5.90. The van der Waals surface area contributed by atoms with Crippen LogP contribution >= 0.6 is 0 Å². The summed E-state index contributed by atoms with van der Waals surface area (Å²) in [6, 6.07) is 7.88. The van der Waals surface area contributed by atoms with Gasteiger partial charge in [0.05, 0.1) is 11.7 Å². The third kappa shape index (κ3) is 0.993. The van der Waals surface area contributed by atoms with Crippen molar-refractivity contribution in [1.82, 2.24) is 10.2 Å². The number of hydrogen-bond donors (Lipinski definition) is 1. The van der Waals surface area contributed by atoms with E-state index in [4.69, 9.17) is 0 Å². The standard InChI is InChI=1S/C9H9N3/c1-10-8-3-2-4-9-7(8)5-6-11-12-9/h2-6,10H,1H3. The quantitative estimate of drug-likeness (QED) is 0.687. The number of hydrogen-bond acceptors (Lipinski definition) is 3.